The molecule has 0 aliphatic carbocycles. The Labute approximate surface area is 128 Å². The first-order chi connectivity index (χ1) is 10.7. The van der Waals surface area contributed by atoms with E-state index >= 15 is 0 Å². The molecule has 0 aliphatic heterocycles. The zero-order valence-electron chi connectivity index (χ0n) is 12.3. The first-order valence-electron chi connectivity index (χ1n) is 7.29. The Hall–Kier alpha value is -2.62. The summed E-state index contributed by atoms with van der Waals surface area (Å²) in [5.74, 6) is -0.454. The number of hydrogen-bond donors (Lipinski definition) is 1. The number of carbonyl (C=O) groups excluding carboxylic acids is 1. The number of benzene rings is 2. The van der Waals surface area contributed by atoms with E-state index in [1.807, 2.05) is 22.9 Å². The molecule has 0 unspecified atom stereocenters. The Bertz CT molecular complexity index is 806. The van der Waals surface area contributed by atoms with Crippen LogP contribution in [0.25, 0.3) is 10.9 Å². The van der Waals surface area contributed by atoms with Crippen LogP contribution in [0.4, 0.5) is 10.1 Å². The van der Waals surface area contributed by atoms with Crippen molar-refractivity contribution in [2.75, 3.05) is 5.32 Å². The molecule has 0 atom stereocenters. The molecule has 0 spiro atoms. The molecule has 4 heteroatoms. The fourth-order valence-electron chi connectivity index (χ4n) is 2.50. The molecule has 0 radical (unpaired) electrons. The van der Waals surface area contributed by atoms with E-state index in [4.69, 9.17) is 0 Å². The summed E-state index contributed by atoms with van der Waals surface area (Å²) in [5, 5.41) is 3.90. The van der Waals surface area contributed by atoms with Gasteiger partial charge in [0.25, 0.3) is 0 Å². The highest BCUT2D eigenvalue weighted by molar-refractivity contribution is 5.92. The molecule has 1 heterocycles. The maximum atomic E-state index is 12.8. The summed E-state index contributed by atoms with van der Waals surface area (Å²) in [7, 11) is 0. The van der Waals surface area contributed by atoms with Crippen LogP contribution in [0.5, 0.6) is 0 Å². The Morgan fingerprint density at radius 1 is 1.14 bits per heavy atom. The quantitative estimate of drug-likeness (QED) is 0.776. The normalized spacial score (nSPS) is 10.8. The smallest absolute Gasteiger partial charge is 0.244 e. The highest BCUT2D eigenvalue weighted by atomic mass is 19.1. The topological polar surface area (TPSA) is 34.0 Å². The van der Waals surface area contributed by atoms with Crippen molar-refractivity contribution in [3.05, 3.63) is 66.1 Å². The number of hydrogen-bond acceptors (Lipinski definition) is 1. The third-order valence-electron chi connectivity index (χ3n) is 3.69. The van der Waals surface area contributed by atoms with E-state index in [2.05, 4.69) is 24.4 Å². The van der Waals surface area contributed by atoms with E-state index in [9.17, 15) is 9.18 Å². The number of amides is 1. The Morgan fingerprint density at radius 3 is 2.64 bits per heavy atom. The number of aromatic nitrogens is 1. The van der Waals surface area contributed by atoms with Crippen molar-refractivity contribution >= 4 is 22.5 Å². The van der Waals surface area contributed by atoms with Crippen LogP contribution >= 0.6 is 0 Å². The lowest BCUT2D eigenvalue weighted by atomic mass is 10.1. The van der Waals surface area contributed by atoms with Gasteiger partial charge in [-0.05, 0) is 59.8 Å². The number of fused-ring (bicyclic) bond motifs is 1. The summed E-state index contributed by atoms with van der Waals surface area (Å²) in [6.45, 7) is 2.35. The average Bonchev–Trinajstić information content (AvgIpc) is 2.91. The lowest BCUT2D eigenvalue weighted by molar-refractivity contribution is -0.116. The zero-order valence-corrected chi connectivity index (χ0v) is 12.3. The molecule has 3 rings (SSSR count). The monoisotopic (exact) mass is 296 g/mol. The fourth-order valence-corrected chi connectivity index (χ4v) is 2.50. The van der Waals surface area contributed by atoms with Gasteiger partial charge in [-0.15, -0.1) is 0 Å². The van der Waals surface area contributed by atoms with E-state index in [0.29, 0.717) is 5.69 Å². The molecule has 1 aromatic heterocycles. The van der Waals surface area contributed by atoms with Crippen LogP contribution in [0.15, 0.2) is 54.7 Å². The molecule has 112 valence electrons. The molecule has 0 aliphatic rings. The summed E-state index contributed by atoms with van der Waals surface area (Å²) in [5.41, 5.74) is 2.91. The van der Waals surface area contributed by atoms with Crippen molar-refractivity contribution in [3.63, 3.8) is 0 Å². The molecule has 2 aromatic carbocycles. The Balaban J connectivity index is 1.75. The minimum atomic E-state index is -0.318. The highest BCUT2D eigenvalue weighted by Gasteiger charge is 2.07. The third-order valence-corrected chi connectivity index (χ3v) is 3.69. The van der Waals surface area contributed by atoms with Crippen molar-refractivity contribution < 1.29 is 9.18 Å². The van der Waals surface area contributed by atoms with Gasteiger partial charge in [0.2, 0.25) is 5.91 Å². The maximum absolute atomic E-state index is 12.8. The summed E-state index contributed by atoms with van der Waals surface area (Å²) in [6.07, 6.45) is 2.90. The first-order valence-corrected chi connectivity index (χ1v) is 7.29. The van der Waals surface area contributed by atoms with Crippen LogP contribution < -0.4 is 5.32 Å². The molecular formula is C18H17FN2O. The summed E-state index contributed by atoms with van der Waals surface area (Å²) in [4.78, 5) is 12.1. The second kappa shape index (κ2) is 6.02. The number of nitrogens with one attached hydrogen (secondary N) is 1. The lowest BCUT2D eigenvalue weighted by Crippen LogP contribution is -2.18. The van der Waals surface area contributed by atoms with Crippen LogP contribution in [0.1, 0.15) is 12.5 Å². The van der Waals surface area contributed by atoms with Gasteiger partial charge in [-0.3, -0.25) is 4.79 Å². The van der Waals surface area contributed by atoms with Crippen molar-refractivity contribution in [1.29, 1.82) is 0 Å². The number of carbonyl (C=O) groups is 1. The van der Waals surface area contributed by atoms with Crippen molar-refractivity contribution in [2.24, 2.45) is 0 Å². The van der Waals surface area contributed by atoms with E-state index in [1.54, 1.807) is 12.1 Å². The zero-order chi connectivity index (χ0) is 15.5. The molecule has 22 heavy (non-hydrogen) atoms. The van der Waals surface area contributed by atoms with Crippen LogP contribution in [0.2, 0.25) is 0 Å². The van der Waals surface area contributed by atoms with Gasteiger partial charge in [-0.1, -0.05) is 13.0 Å². The summed E-state index contributed by atoms with van der Waals surface area (Å²) >= 11 is 0. The van der Waals surface area contributed by atoms with Gasteiger partial charge in [-0.2, -0.15) is 0 Å². The molecule has 0 bridgehead atoms. The van der Waals surface area contributed by atoms with Crippen molar-refractivity contribution in [2.45, 2.75) is 19.9 Å². The van der Waals surface area contributed by atoms with E-state index in [0.717, 1.165) is 17.3 Å². The van der Waals surface area contributed by atoms with Crippen molar-refractivity contribution in [3.8, 4) is 0 Å². The molecule has 0 fully saturated rings. The van der Waals surface area contributed by atoms with Crippen molar-refractivity contribution in [1.82, 2.24) is 4.57 Å². The summed E-state index contributed by atoms with van der Waals surface area (Å²) in [6, 6.07) is 14.0. The second-order valence-electron chi connectivity index (χ2n) is 5.25. The predicted octanol–water partition coefficient (Wildman–Crippen LogP) is 3.98. The maximum Gasteiger partial charge on any atom is 0.244 e. The average molecular weight is 296 g/mol. The van der Waals surface area contributed by atoms with Gasteiger partial charge in [0.1, 0.15) is 12.4 Å². The largest absolute Gasteiger partial charge is 0.338 e. The van der Waals surface area contributed by atoms with Gasteiger partial charge >= 0.3 is 0 Å². The van der Waals surface area contributed by atoms with Gasteiger partial charge in [0, 0.05) is 17.4 Å². The molecule has 0 saturated carbocycles. The lowest BCUT2D eigenvalue weighted by Gasteiger charge is -2.08. The van der Waals surface area contributed by atoms with Crippen LogP contribution in [0, 0.1) is 5.82 Å². The van der Waals surface area contributed by atoms with Gasteiger partial charge in [0.05, 0.1) is 0 Å². The van der Waals surface area contributed by atoms with Gasteiger partial charge in [0.15, 0.2) is 0 Å². The molecule has 3 nitrogen and oxygen atoms in total. The van der Waals surface area contributed by atoms with Gasteiger partial charge in [-0.25, -0.2) is 4.39 Å². The third kappa shape index (κ3) is 3.01. The first kappa shape index (κ1) is 14.3. The van der Waals surface area contributed by atoms with Crippen LogP contribution in [-0.4, -0.2) is 10.5 Å². The van der Waals surface area contributed by atoms with E-state index in [1.165, 1.54) is 17.7 Å². The predicted molar refractivity (Wildman–Crippen MR) is 86.3 cm³/mol. The van der Waals surface area contributed by atoms with E-state index in [-0.39, 0.29) is 18.3 Å². The minimum Gasteiger partial charge on any atom is -0.338 e. The molecule has 3 aromatic rings. The minimum absolute atomic E-state index is 0.135. The molecule has 0 saturated heterocycles. The summed E-state index contributed by atoms with van der Waals surface area (Å²) < 4.78 is 14.8. The SMILES string of the molecule is CCc1ccc2c(ccn2CC(=O)Nc2ccc(F)cc2)c1. The number of rotatable bonds is 4. The highest BCUT2D eigenvalue weighted by Crippen LogP contribution is 2.18. The van der Waals surface area contributed by atoms with Crippen LogP contribution in [0.3, 0.4) is 0 Å². The number of anilines is 1. The number of nitrogens with zero attached hydrogens (tertiary/aromatic N) is 1. The van der Waals surface area contributed by atoms with Crippen LogP contribution in [-0.2, 0) is 17.8 Å². The second-order valence-corrected chi connectivity index (χ2v) is 5.25. The fraction of sp³-hybridized carbons (Fsp3) is 0.167. The number of halogens is 1. The molecule has 1 N–H and O–H groups in total. The molecular weight excluding hydrogens is 279 g/mol. The van der Waals surface area contributed by atoms with E-state index < -0.39 is 0 Å². The Kier molecular flexibility index (Phi) is 3.92. The van der Waals surface area contributed by atoms with Gasteiger partial charge < -0.3 is 9.88 Å². The number of aryl methyl sites for hydroxylation is 1. The standard InChI is InChI=1S/C18H17FN2O/c1-2-13-3-8-17-14(11-13)9-10-21(17)12-18(22)20-16-6-4-15(19)5-7-16/h3-11H,2,12H2,1H3,(H,20,22). The Morgan fingerprint density at radius 2 is 1.91 bits per heavy atom. The molecule has 1 amide bonds.